The number of carbonyl (C=O) groups excluding carboxylic acids is 2. The normalized spacial score (nSPS) is 48.2. The molecule has 1 unspecified atom stereocenters. The number of fused-ring (bicyclic) bond motifs is 5. The Hall–Kier alpha value is -0.220. The van der Waals surface area contributed by atoms with Crippen LogP contribution in [0.4, 0.5) is 0 Å². The van der Waals surface area contributed by atoms with E-state index in [-0.39, 0.29) is 21.4 Å². The molecule has 4 heteroatoms. The third-order valence-corrected chi connectivity index (χ3v) is 9.22. The van der Waals surface area contributed by atoms with Crippen molar-refractivity contribution in [2.75, 3.05) is 0 Å². The van der Waals surface area contributed by atoms with Gasteiger partial charge in [0, 0.05) is 11.8 Å². The fourth-order valence-electron chi connectivity index (χ4n) is 6.50. The highest BCUT2D eigenvalue weighted by molar-refractivity contribution is 9.12. The molecule has 4 aliphatic rings. The maximum Gasteiger partial charge on any atom is 0.183 e. The van der Waals surface area contributed by atoms with Crippen molar-refractivity contribution in [3.63, 3.8) is 0 Å². The molecule has 2 nitrogen and oxygen atoms in total. The van der Waals surface area contributed by atoms with Crippen molar-refractivity contribution in [3.05, 3.63) is 22.2 Å². The molecule has 0 aromatic carbocycles. The molecule has 0 saturated heterocycles. The number of hydrogen-bond donors (Lipinski definition) is 0. The van der Waals surface area contributed by atoms with Gasteiger partial charge in [-0.15, -0.1) is 0 Å². The summed E-state index contributed by atoms with van der Waals surface area (Å²) in [6, 6.07) is 0. The third-order valence-electron chi connectivity index (χ3n) is 7.69. The second kappa shape index (κ2) is 5.39. The summed E-state index contributed by atoms with van der Waals surface area (Å²) in [6.07, 6.45) is 5.67. The molecule has 4 aliphatic carbocycles. The van der Waals surface area contributed by atoms with E-state index >= 15 is 0 Å². The number of rotatable bonds is 0. The average Bonchev–Trinajstić information content (AvgIpc) is 2.80. The Balaban J connectivity index is 1.81. The van der Waals surface area contributed by atoms with E-state index in [1.807, 2.05) is 0 Å². The summed E-state index contributed by atoms with van der Waals surface area (Å²) in [5.74, 6) is 2.19. The van der Waals surface area contributed by atoms with Gasteiger partial charge in [0.25, 0.3) is 0 Å². The molecule has 0 spiro atoms. The predicted molar refractivity (Wildman–Crippen MR) is 102 cm³/mol. The van der Waals surface area contributed by atoms with E-state index in [9.17, 15) is 9.59 Å². The zero-order chi connectivity index (χ0) is 17.4. The van der Waals surface area contributed by atoms with E-state index in [0.29, 0.717) is 23.5 Å². The molecule has 130 valence electrons. The first-order valence-corrected chi connectivity index (χ1v) is 10.7. The molecular formula is C20H24Br2O2. The first-order chi connectivity index (χ1) is 11.2. The fraction of sp³-hybridized carbons (Fsp3) is 0.700. The maximum absolute atomic E-state index is 12.5. The number of ketones is 2. The molecule has 0 heterocycles. The maximum atomic E-state index is 12.5. The minimum atomic E-state index is -0.120. The molecule has 0 N–H and O–H groups in total. The molecule has 3 saturated carbocycles. The Bertz CT molecular complexity index is 694. The zero-order valence-electron chi connectivity index (χ0n) is 14.3. The number of allylic oxidation sites excluding steroid dienone is 2. The Kier molecular flexibility index (Phi) is 3.86. The average molecular weight is 456 g/mol. The number of hydrogen-bond acceptors (Lipinski definition) is 2. The van der Waals surface area contributed by atoms with Gasteiger partial charge in [-0.2, -0.15) is 0 Å². The lowest BCUT2D eigenvalue weighted by Crippen LogP contribution is -2.52. The van der Waals surface area contributed by atoms with Gasteiger partial charge in [-0.1, -0.05) is 36.4 Å². The zero-order valence-corrected chi connectivity index (χ0v) is 17.5. The molecule has 0 radical (unpaired) electrons. The highest BCUT2D eigenvalue weighted by Gasteiger charge is 2.60. The minimum absolute atomic E-state index is 0.0200. The molecular weight excluding hydrogens is 432 g/mol. The van der Waals surface area contributed by atoms with E-state index in [0.717, 1.165) is 54.2 Å². The number of alkyl halides is 1. The molecule has 0 aromatic rings. The smallest absolute Gasteiger partial charge is 0.183 e. The lowest BCUT2D eigenvalue weighted by atomic mass is 9.47. The van der Waals surface area contributed by atoms with Crippen LogP contribution < -0.4 is 0 Å². The van der Waals surface area contributed by atoms with Crippen LogP contribution in [-0.4, -0.2) is 16.4 Å². The van der Waals surface area contributed by atoms with E-state index < -0.39 is 0 Å². The summed E-state index contributed by atoms with van der Waals surface area (Å²) in [5.41, 5.74) is 2.14. The Labute approximate surface area is 160 Å². The lowest BCUT2D eigenvalue weighted by molar-refractivity contribution is -0.131. The monoisotopic (exact) mass is 454 g/mol. The van der Waals surface area contributed by atoms with Crippen LogP contribution in [-0.2, 0) is 9.59 Å². The molecule has 24 heavy (non-hydrogen) atoms. The molecule has 6 atom stereocenters. The summed E-state index contributed by atoms with van der Waals surface area (Å²) in [5, 5.41) is 0. The summed E-state index contributed by atoms with van der Waals surface area (Å²) >= 11 is 7.20. The van der Waals surface area contributed by atoms with Crippen LogP contribution in [0.25, 0.3) is 0 Å². The third kappa shape index (κ3) is 2.05. The van der Waals surface area contributed by atoms with Gasteiger partial charge in [0.05, 0.1) is 9.31 Å². The van der Waals surface area contributed by atoms with Crippen LogP contribution in [0.3, 0.4) is 0 Å². The topological polar surface area (TPSA) is 34.1 Å². The van der Waals surface area contributed by atoms with Crippen LogP contribution in [0.2, 0.25) is 0 Å². The standard InChI is InChI=1S/C20H24Br2O2/c1-10-8-11-12-4-5-15(23)19(12,2)7-6-13(11)20(3)9-14(21)18(24)17(22)16(10)20/h11-14H,1,4-9H2,2-3H3/t11-,12-,13+,14?,19-,20+/m0/s1. The fourth-order valence-corrected chi connectivity index (χ4v) is 8.71. The van der Waals surface area contributed by atoms with Crippen molar-refractivity contribution >= 4 is 43.4 Å². The van der Waals surface area contributed by atoms with Crippen LogP contribution >= 0.6 is 31.9 Å². The molecule has 0 aliphatic heterocycles. The molecule has 0 bridgehead atoms. The first kappa shape index (κ1) is 17.2. The van der Waals surface area contributed by atoms with Crippen LogP contribution in [0.15, 0.2) is 22.2 Å². The van der Waals surface area contributed by atoms with E-state index in [2.05, 4.69) is 52.3 Å². The van der Waals surface area contributed by atoms with Crippen LogP contribution in [0, 0.1) is 28.6 Å². The Morgan fingerprint density at radius 1 is 1.12 bits per heavy atom. The van der Waals surface area contributed by atoms with Crippen molar-refractivity contribution < 1.29 is 9.59 Å². The van der Waals surface area contributed by atoms with Gasteiger partial charge >= 0.3 is 0 Å². The lowest BCUT2D eigenvalue weighted by Gasteiger charge is -2.58. The van der Waals surface area contributed by atoms with E-state index in [1.165, 1.54) is 0 Å². The SMILES string of the molecule is C=C1C[C@@H]2[C@@H](CC[C@]3(C)C(=O)CC[C@@H]23)[C@@]2(C)CC(Br)C(=O)C(Br)=C12. The highest BCUT2D eigenvalue weighted by atomic mass is 79.9. The van der Waals surface area contributed by atoms with Gasteiger partial charge < -0.3 is 0 Å². The van der Waals surface area contributed by atoms with Crippen molar-refractivity contribution in [2.45, 2.75) is 57.2 Å². The number of halogens is 2. The second-order valence-corrected chi connectivity index (χ2v) is 10.6. The van der Waals surface area contributed by atoms with E-state index in [1.54, 1.807) is 0 Å². The summed E-state index contributed by atoms with van der Waals surface area (Å²) < 4.78 is 0.734. The summed E-state index contributed by atoms with van der Waals surface area (Å²) in [4.78, 5) is 24.9. The van der Waals surface area contributed by atoms with Crippen molar-refractivity contribution in [1.29, 1.82) is 0 Å². The Morgan fingerprint density at radius 2 is 1.79 bits per heavy atom. The summed E-state index contributed by atoms with van der Waals surface area (Å²) in [6.45, 7) is 8.89. The number of carbonyl (C=O) groups is 2. The van der Waals surface area contributed by atoms with Gasteiger partial charge in [0.2, 0.25) is 0 Å². The van der Waals surface area contributed by atoms with Crippen molar-refractivity contribution in [3.8, 4) is 0 Å². The Morgan fingerprint density at radius 3 is 2.50 bits per heavy atom. The van der Waals surface area contributed by atoms with Gasteiger partial charge in [0.15, 0.2) is 5.78 Å². The van der Waals surface area contributed by atoms with Gasteiger partial charge in [0.1, 0.15) is 5.78 Å². The second-order valence-electron chi connectivity index (χ2n) is 8.74. The van der Waals surface area contributed by atoms with E-state index in [4.69, 9.17) is 0 Å². The first-order valence-electron chi connectivity index (χ1n) is 9.00. The minimum Gasteiger partial charge on any atom is -0.299 e. The molecule has 0 aromatic heterocycles. The summed E-state index contributed by atoms with van der Waals surface area (Å²) in [7, 11) is 0. The highest BCUT2D eigenvalue weighted by Crippen LogP contribution is 2.66. The van der Waals surface area contributed by atoms with Crippen molar-refractivity contribution in [1.82, 2.24) is 0 Å². The van der Waals surface area contributed by atoms with Gasteiger partial charge in [-0.05, 0) is 82.3 Å². The van der Waals surface area contributed by atoms with Crippen molar-refractivity contribution in [2.24, 2.45) is 28.6 Å². The number of Topliss-reactive ketones (excluding diaryl/α,β-unsaturated/α-hetero) is 2. The quantitative estimate of drug-likeness (QED) is 0.461. The molecule has 3 fully saturated rings. The van der Waals surface area contributed by atoms with Gasteiger partial charge in [-0.25, -0.2) is 0 Å². The van der Waals surface area contributed by atoms with Crippen LogP contribution in [0.1, 0.15) is 52.4 Å². The molecule has 4 rings (SSSR count). The van der Waals surface area contributed by atoms with Gasteiger partial charge in [-0.3, -0.25) is 9.59 Å². The largest absolute Gasteiger partial charge is 0.299 e. The predicted octanol–water partition coefficient (Wildman–Crippen LogP) is 5.35. The van der Waals surface area contributed by atoms with Crippen LogP contribution in [0.5, 0.6) is 0 Å². The molecule has 0 amide bonds.